The second kappa shape index (κ2) is 6.36. The molecule has 20 heavy (non-hydrogen) atoms. The first kappa shape index (κ1) is 16.6. The van der Waals surface area contributed by atoms with Crippen LogP contribution in [0.25, 0.3) is 0 Å². The predicted octanol–water partition coefficient (Wildman–Crippen LogP) is 2.12. The van der Waals surface area contributed by atoms with Gasteiger partial charge in [0, 0.05) is 12.0 Å². The summed E-state index contributed by atoms with van der Waals surface area (Å²) >= 11 is 0. The summed E-state index contributed by atoms with van der Waals surface area (Å²) in [6.45, 7) is 0.981. The lowest BCUT2D eigenvalue weighted by Gasteiger charge is -2.26. The largest absolute Gasteiger partial charge is 0.487 e. The Morgan fingerprint density at radius 2 is 1.45 bits per heavy atom. The van der Waals surface area contributed by atoms with Gasteiger partial charge in [-0.05, 0) is 14.0 Å². The van der Waals surface area contributed by atoms with E-state index in [9.17, 15) is 22.0 Å². The smallest absolute Gasteiger partial charge is 0.206 e. The molecule has 0 aliphatic rings. The molecule has 1 aromatic carbocycles. The summed E-state index contributed by atoms with van der Waals surface area (Å²) in [5, 5.41) is 11.8. The normalized spacial score (nSPS) is 14.2. The van der Waals surface area contributed by atoms with Crippen molar-refractivity contribution in [1.82, 2.24) is 5.32 Å². The molecule has 0 aromatic heterocycles. The molecule has 0 saturated carbocycles. The zero-order chi connectivity index (χ0) is 15.5. The number of rotatable bonds is 6. The molecular formula is C12H14F5NO2. The molecule has 0 fully saturated rings. The second-order valence-corrected chi connectivity index (χ2v) is 4.47. The number of likely N-dealkylation sites (N-methyl/N-ethyl adjacent to an activating group) is 1. The standard InChI is InChI=1S/C12H14F5NO2/c1-12(5-19,18-2)3-4-20-11-9(16)7(14)6(13)8(15)10(11)17/h18-19H,3-5H2,1-2H3. The van der Waals surface area contributed by atoms with Gasteiger partial charge < -0.3 is 15.2 Å². The molecule has 2 N–H and O–H groups in total. The van der Waals surface area contributed by atoms with Gasteiger partial charge in [-0.15, -0.1) is 0 Å². The van der Waals surface area contributed by atoms with Gasteiger partial charge in [0.05, 0.1) is 13.2 Å². The molecule has 0 amide bonds. The minimum atomic E-state index is -2.23. The average Bonchev–Trinajstić information content (AvgIpc) is 2.46. The van der Waals surface area contributed by atoms with E-state index in [0.717, 1.165) is 0 Å². The molecule has 1 atom stereocenters. The third kappa shape index (κ3) is 3.18. The Labute approximate surface area is 112 Å². The molecule has 0 radical (unpaired) electrons. The van der Waals surface area contributed by atoms with Crippen LogP contribution in [-0.2, 0) is 0 Å². The van der Waals surface area contributed by atoms with E-state index in [4.69, 9.17) is 5.11 Å². The van der Waals surface area contributed by atoms with Gasteiger partial charge in [-0.3, -0.25) is 0 Å². The number of ether oxygens (including phenoxy) is 1. The van der Waals surface area contributed by atoms with E-state index in [-0.39, 0.29) is 19.6 Å². The second-order valence-electron chi connectivity index (χ2n) is 4.47. The van der Waals surface area contributed by atoms with Crippen LogP contribution >= 0.6 is 0 Å². The first-order chi connectivity index (χ1) is 9.27. The Balaban J connectivity index is 2.90. The number of hydrogen-bond acceptors (Lipinski definition) is 3. The fraction of sp³-hybridized carbons (Fsp3) is 0.500. The van der Waals surface area contributed by atoms with Crippen molar-refractivity contribution < 1.29 is 31.8 Å². The van der Waals surface area contributed by atoms with E-state index in [2.05, 4.69) is 10.1 Å². The first-order valence-electron chi connectivity index (χ1n) is 5.71. The van der Waals surface area contributed by atoms with Crippen molar-refractivity contribution in [1.29, 1.82) is 0 Å². The third-order valence-corrected chi connectivity index (χ3v) is 3.02. The topological polar surface area (TPSA) is 41.5 Å². The van der Waals surface area contributed by atoms with Gasteiger partial charge in [0.2, 0.25) is 29.1 Å². The SMILES string of the molecule is CNC(C)(CO)CCOc1c(F)c(F)c(F)c(F)c1F. The van der Waals surface area contributed by atoms with E-state index < -0.39 is 40.4 Å². The summed E-state index contributed by atoms with van der Waals surface area (Å²) in [6, 6.07) is 0. The Morgan fingerprint density at radius 1 is 1.00 bits per heavy atom. The lowest BCUT2D eigenvalue weighted by molar-refractivity contribution is 0.146. The predicted molar refractivity (Wildman–Crippen MR) is 60.9 cm³/mol. The Hall–Kier alpha value is -1.41. The number of aliphatic hydroxyl groups is 1. The van der Waals surface area contributed by atoms with Crippen LogP contribution < -0.4 is 10.1 Å². The minimum Gasteiger partial charge on any atom is -0.487 e. The number of benzene rings is 1. The van der Waals surface area contributed by atoms with Crippen molar-refractivity contribution in [3.8, 4) is 5.75 Å². The highest BCUT2D eigenvalue weighted by atomic mass is 19.2. The highest BCUT2D eigenvalue weighted by molar-refractivity contribution is 5.29. The van der Waals surface area contributed by atoms with Crippen LogP contribution in [0.15, 0.2) is 0 Å². The van der Waals surface area contributed by atoms with E-state index in [1.54, 1.807) is 14.0 Å². The third-order valence-electron chi connectivity index (χ3n) is 3.02. The molecule has 114 valence electrons. The highest BCUT2D eigenvalue weighted by Gasteiger charge is 2.28. The van der Waals surface area contributed by atoms with E-state index in [1.807, 2.05) is 0 Å². The van der Waals surface area contributed by atoms with Crippen LogP contribution in [0.4, 0.5) is 22.0 Å². The van der Waals surface area contributed by atoms with Gasteiger partial charge in [-0.25, -0.2) is 13.2 Å². The molecule has 1 rings (SSSR count). The molecule has 0 saturated heterocycles. The van der Waals surface area contributed by atoms with Crippen molar-refractivity contribution >= 4 is 0 Å². The molecule has 8 heteroatoms. The van der Waals surface area contributed by atoms with E-state index in [1.165, 1.54) is 0 Å². The van der Waals surface area contributed by atoms with Crippen LogP contribution in [0.1, 0.15) is 13.3 Å². The number of aliphatic hydroxyl groups excluding tert-OH is 1. The molecular weight excluding hydrogens is 285 g/mol. The Kier molecular flexibility index (Phi) is 5.29. The van der Waals surface area contributed by atoms with Gasteiger partial charge in [0.15, 0.2) is 5.75 Å². The maximum Gasteiger partial charge on any atom is 0.206 e. The molecule has 1 unspecified atom stereocenters. The van der Waals surface area contributed by atoms with Gasteiger partial charge in [0.25, 0.3) is 0 Å². The summed E-state index contributed by atoms with van der Waals surface area (Å²) in [5.74, 6) is -11.7. The Bertz CT molecular complexity index is 462. The van der Waals surface area contributed by atoms with Crippen molar-refractivity contribution in [2.45, 2.75) is 18.9 Å². The molecule has 0 aliphatic carbocycles. The summed E-state index contributed by atoms with van der Waals surface area (Å²) in [5.41, 5.74) is -0.788. The van der Waals surface area contributed by atoms with Gasteiger partial charge >= 0.3 is 0 Å². The van der Waals surface area contributed by atoms with Gasteiger partial charge in [0.1, 0.15) is 0 Å². The van der Waals surface area contributed by atoms with Crippen LogP contribution in [0, 0.1) is 29.1 Å². The quantitative estimate of drug-likeness (QED) is 0.480. The van der Waals surface area contributed by atoms with Gasteiger partial charge in [-0.2, -0.15) is 8.78 Å². The number of halogens is 5. The minimum absolute atomic E-state index is 0.0967. The van der Waals surface area contributed by atoms with Crippen molar-refractivity contribution in [2.75, 3.05) is 20.3 Å². The summed E-state index contributed by atoms with van der Waals surface area (Å²) in [7, 11) is 1.55. The first-order valence-corrected chi connectivity index (χ1v) is 5.71. The molecule has 0 aliphatic heterocycles. The molecule has 1 aromatic rings. The molecule has 0 bridgehead atoms. The number of hydrogen-bond donors (Lipinski definition) is 2. The summed E-state index contributed by atoms with van der Waals surface area (Å²) < 4.78 is 69.8. The monoisotopic (exact) mass is 299 g/mol. The van der Waals surface area contributed by atoms with Crippen molar-refractivity contribution in [3.05, 3.63) is 29.1 Å². The van der Waals surface area contributed by atoms with Crippen molar-refractivity contribution in [2.24, 2.45) is 0 Å². The van der Waals surface area contributed by atoms with Gasteiger partial charge in [-0.1, -0.05) is 0 Å². The lowest BCUT2D eigenvalue weighted by Crippen LogP contribution is -2.44. The average molecular weight is 299 g/mol. The molecule has 0 spiro atoms. The summed E-state index contributed by atoms with van der Waals surface area (Å²) in [4.78, 5) is 0. The maximum atomic E-state index is 13.3. The van der Waals surface area contributed by atoms with Crippen LogP contribution in [0.2, 0.25) is 0 Å². The zero-order valence-electron chi connectivity index (χ0n) is 10.9. The summed E-state index contributed by atoms with van der Waals surface area (Å²) in [6.07, 6.45) is 0.0967. The van der Waals surface area contributed by atoms with Crippen LogP contribution in [-0.4, -0.2) is 30.9 Å². The lowest BCUT2D eigenvalue weighted by atomic mass is 10.0. The van der Waals surface area contributed by atoms with Crippen molar-refractivity contribution in [3.63, 3.8) is 0 Å². The molecule has 0 heterocycles. The Morgan fingerprint density at radius 3 is 1.85 bits per heavy atom. The van der Waals surface area contributed by atoms with Crippen LogP contribution in [0.5, 0.6) is 5.75 Å². The highest BCUT2D eigenvalue weighted by Crippen LogP contribution is 2.29. The fourth-order valence-electron chi connectivity index (χ4n) is 1.37. The zero-order valence-corrected chi connectivity index (χ0v) is 10.9. The van der Waals surface area contributed by atoms with Crippen LogP contribution in [0.3, 0.4) is 0 Å². The van der Waals surface area contributed by atoms with E-state index in [0.29, 0.717) is 0 Å². The molecule has 3 nitrogen and oxygen atoms in total. The fourth-order valence-corrected chi connectivity index (χ4v) is 1.37. The van der Waals surface area contributed by atoms with E-state index >= 15 is 0 Å². The number of nitrogens with one attached hydrogen (secondary N) is 1. The maximum absolute atomic E-state index is 13.3.